The summed E-state index contributed by atoms with van der Waals surface area (Å²) in [5, 5.41) is 0.635. The molecular weight excluding hydrogens is 338 g/mol. The number of nitrogens with zero attached hydrogens (tertiary/aromatic N) is 3. The van der Waals surface area contributed by atoms with Crippen molar-refractivity contribution in [3.05, 3.63) is 15.6 Å². The van der Waals surface area contributed by atoms with Gasteiger partial charge in [-0.3, -0.25) is 9.59 Å². The Labute approximate surface area is 152 Å². The topological polar surface area (TPSA) is 62.7 Å². The summed E-state index contributed by atoms with van der Waals surface area (Å²) >= 11 is 1.53. The number of fused-ring (bicyclic) bond motifs is 1. The fourth-order valence-corrected chi connectivity index (χ4v) is 4.96. The van der Waals surface area contributed by atoms with E-state index in [9.17, 15) is 9.59 Å². The molecule has 0 spiro atoms. The second-order valence-corrected chi connectivity index (χ2v) is 8.21. The first kappa shape index (κ1) is 17.0. The molecule has 136 valence electrons. The molecule has 1 unspecified atom stereocenters. The first-order chi connectivity index (χ1) is 12.2. The van der Waals surface area contributed by atoms with E-state index >= 15 is 0 Å². The molecular formula is C18H25N3O3S. The Bertz CT molecular complexity index is 622. The van der Waals surface area contributed by atoms with Crippen molar-refractivity contribution in [3.8, 4) is 0 Å². The van der Waals surface area contributed by atoms with E-state index in [1.54, 1.807) is 0 Å². The number of hydrogen-bond acceptors (Lipinski definition) is 5. The molecule has 1 atom stereocenters. The van der Waals surface area contributed by atoms with Crippen molar-refractivity contribution in [2.75, 3.05) is 39.4 Å². The number of ether oxygens (including phenoxy) is 1. The van der Waals surface area contributed by atoms with Gasteiger partial charge in [-0.25, -0.2) is 4.98 Å². The van der Waals surface area contributed by atoms with E-state index in [0.29, 0.717) is 24.8 Å². The number of aromatic nitrogens is 1. The minimum Gasteiger partial charge on any atom is -0.381 e. The van der Waals surface area contributed by atoms with E-state index in [2.05, 4.69) is 4.98 Å². The van der Waals surface area contributed by atoms with Crippen LogP contribution in [-0.4, -0.2) is 66.0 Å². The molecule has 6 nitrogen and oxygen atoms in total. The van der Waals surface area contributed by atoms with Gasteiger partial charge in [0.05, 0.1) is 18.2 Å². The summed E-state index contributed by atoms with van der Waals surface area (Å²) in [5.41, 5.74) is 1.02. The zero-order valence-corrected chi connectivity index (χ0v) is 15.4. The van der Waals surface area contributed by atoms with Crippen LogP contribution in [0, 0.1) is 5.92 Å². The normalized spacial score (nSPS) is 24.1. The largest absolute Gasteiger partial charge is 0.381 e. The Hall–Kier alpha value is -1.47. The zero-order chi connectivity index (χ0) is 17.2. The van der Waals surface area contributed by atoms with Gasteiger partial charge in [0, 0.05) is 50.5 Å². The maximum absolute atomic E-state index is 12.6. The van der Waals surface area contributed by atoms with Gasteiger partial charge in [-0.05, 0) is 25.7 Å². The van der Waals surface area contributed by atoms with Crippen LogP contribution < -0.4 is 0 Å². The summed E-state index contributed by atoms with van der Waals surface area (Å²) in [5.74, 6) is 0.339. The van der Waals surface area contributed by atoms with Crippen LogP contribution in [0.2, 0.25) is 0 Å². The highest BCUT2D eigenvalue weighted by Crippen LogP contribution is 2.26. The minimum atomic E-state index is 0.0281. The highest BCUT2D eigenvalue weighted by molar-refractivity contribution is 7.13. The summed E-state index contributed by atoms with van der Waals surface area (Å²) in [6.45, 7) is 4.39. The molecule has 7 heteroatoms. The van der Waals surface area contributed by atoms with Crippen molar-refractivity contribution < 1.29 is 14.3 Å². The average Bonchev–Trinajstić information content (AvgIpc) is 3.28. The fraction of sp³-hybridized carbons (Fsp3) is 0.722. The van der Waals surface area contributed by atoms with Crippen molar-refractivity contribution in [3.63, 3.8) is 0 Å². The van der Waals surface area contributed by atoms with Crippen LogP contribution in [0.5, 0.6) is 0 Å². The van der Waals surface area contributed by atoms with Gasteiger partial charge in [0.2, 0.25) is 5.91 Å². The number of rotatable bonds is 2. The van der Waals surface area contributed by atoms with Crippen LogP contribution in [0.1, 0.15) is 46.1 Å². The molecule has 3 aliphatic rings. The Morgan fingerprint density at radius 3 is 2.60 bits per heavy atom. The average molecular weight is 363 g/mol. The van der Waals surface area contributed by atoms with Gasteiger partial charge in [0.25, 0.3) is 5.91 Å². The van der Waals surface area contributed by atoms with Crippen LogP contribution in [0.3, 0.4) is 0 Å². The van der Waals surface area contributed by atoms with Gasteiger partial charge in [-0.2, -0.15) is 0 Å². The molecule has 0 radical (unpaired) electrons. The van der Waals surface area contributed by atoms with Gasteiger partial charge < -0.3 is 14.5 Å². The zero-order valence-electron chi connectivity index (χ0n) is 14.5. The van der Waals surface area contributed by atoms with Gasteiger partial charge in [0.15, 0.2) is 5.01 Å². The third kappa shape index (κ3) is 3.58. The lowest BCUT2D eigenvalue weighted by molar-refractivity contribution is -0.135. The lowest BCUT2D eigenvalue weighted by Crippen LogP contribution is -2.38. The number of carbonyl (C=O) groups is 2. The van der Waals surface area contributed by atoms with Crippen molar-refractivity contribution in [1.82, 2.24) is 14.8 Å². The predicted octanol–water partition coefficient (Wildman–Crippen LogP) is 1.73. The van der Waals surface area contributed by atoms with Crippen LogP contribution in [-0.2, 0) is 22.4 Å². The molecule has 2 saturated heterocycles. The lowest BCUT2D eigenvalue weighted by Gasteiger charge is -2.25. The van der Waals surface area contributed by atoms with Crippen molar-refractivity contribution >= 4 is 23.2 Å². The quantitative estimate of drug-likeness (QED) is 0.803. The maximum Gasteiger partial charge on any atom is 0.282 e. The van der Waals surface area contributed by atoms with Crippen LogP contribution in [0.25, 0.3) is 0 Å². The van der Waals surface area contributed by atoms with Crippen LogP contribution >= 0.6 is 11.3 Å². The summed E-state index contributed by atoms with van der Waals surface area (Å²) in [6, 6.07) is 0. The Kier molecular flexibility index (Phi) is 5.03. The Balaban J connectivity index is 1.41. The molecule has 3 aliphatic heterocycles. The third-order valence-corrected chi connectivity index (χ3v) is 6.57. The second kappa shape index (κ2) is 7.41. The summed E-state index contributed by atoms with van der Waals surface area (Å²) < 4.78 is 5.35. The SMILES string of the molecule is O=C(c1nc2c(s1)CCN(C(=O)C1CCOC1)CC2)N1CCCCC1. The highest BCUT2D eigenvalue weighted by Gasteiger charge is 2.30. The molecule has 2 amide bonds. The van der Waals surface area contributed by atoms with Gasteiger partial charge >= 0.3 is 0 Å². The maximum atomic E-state index is 12.6. The number of piperidine rings is 1. The van der Waals surface area contributed by atoms with Crippen LogP contribution in [0.4, 0.5) is 0 Å². The molecule has 1 aromatic heterocycles. The van der Waals surface area contributed by atoms with E-state index in [1.807, 2.05) is 9.80 Å². The summed E-state index contributed by atoms with van der Waals surface area (Å²) in [7, 11) is 0. The second-order valence-electron chi connectivity index (χ2n) is 7.13. The standard InChI is InChI=1S/C18H25N3O3S/c22-17(13-6-11-24-12-13)21-9-4-14-15(5-10-21)25-16(19-14)18(23)20-7-2-1-3-8-20/h13H,1-12H2. The van der Waals surface area contributed by atoms with E-state index in [4.69, 9.17) is 4.74 Å². The first-order valence-electron chi connectivity index (χ1n) is 9.37. The van der Waals surface area contributed by atoms with Crippen molar-refractivity contribution in [1.29, 1.82) is 0 Å². The summed E-state index contributed by atoms with van der Waals surface area (Å²) in [4.78, 5) is 34.9. The van der Waals surface area contributed by atoms with Crippen molar-refractivity contribution in [2.45, 2.75) is 38.5 Å². The molecule has 4 rings (SSSR count). The minimum absolute atomic E-state index is 0.0281. The number of amides is 2. The van der Waals surface area contributed by atoms with E-state index < -0.39 is 0 Å². The fourth-order valence-electron chi connectivity index (χ4n) is 3.89. The molecule has 2 fully saturated rings. The molecule has 0 aliphatic carbocycles. The number of carbonyl (C=O) groups excluding carboxylic acids is 2. The Morgan fingerprint density at radius 2 is 1.84 bits per heavy atom. The number of hydrogen-bond donors (Lipinski definition) is 0. The predicted molar refractivity (Wildman–Crippen MR) is 94.8 cm³/mol. The Morgan fingerprint density at radius 1 is 1.04 bits per heavy atom. The molecule has 25 heavy (non-hydrogen) atoms. The van der Waals surface area contributed by atoms with Gasteiger partial charge in [0.1, 0.15) is 0 Å². The van der Waals surface area contributed by atoms with E-state index in [0.717, 1.165) is 57.4 Å². The van der Waals surface area contributed by atoms with E-state index in [1.165, 1.54) is 22.6 Å². The number of likely N-dealkylation sites (tertiary alicyclic amines) is 1. The summed E-state index contributed by atoms with van der Waals surface area (Å²) in [6.07, 6.45) is 5.80. The van der Waals surface area contributed by atoms with Crippen LogP contribution in [0.15, 0.2) is 0 Å². The smallest absolute Gasteiger partial charge is 0.282 e. The van der Waals surface area contributed by atoms with Gasteiger partial charge in [-0.1, -0.05) is 0 Å². The molecule has 0 bridgehead atoms. The van der Waals surface area contributed by atoms with Gasteiger partial charge in [-0.15, -0.1) is 11.3 Å². The molecule has 0 aromatic carbocycles. The van der Waals surface area contributed by atoms with E-state index in [-0.39, 0.29) is 17.7 Å². The third-order valence-electron chi connectivity index (χ3n) is 5.42. The number of thiazole rings is 1. The molecule has 1 aromatic rings. The molecule has 0 saturated carbocycles. The highest BCUT2D eigenvalue weighted by atomic mass is 32.1. The lowest BCUT2D eigenvalue weighted by atomic mass is 10.1. The molecule has 0 N–H and O–H groups in total. The first-order valence-corrected chi connectivity index (χ1v) is 10.2. The molecule has 4 heterocycles. The monoisotopic (exact) mass is 363 g/mol. The van der Waals surface area contributed by atoms with Crippen molar-refractivity contribution in [2.24, 2.45) is 5.92 Å².